The van der Waals surface area contributed by atoms with Crippen LogP contribution in [-0.2, 0) is 10.2 Å². The van der Waals surface area contributed by atoms with Crippen molar-refractivity contribution >= 4 is 29.1 Å². The Morgan fingerprint density at radius 1 is 1.43 bits per heavy atom. The van der Waals surface area contributed by atoms with E-state index in [9.17, 15) is 4.79 Å². The van der Waals surface area contributed by atoms with E-state index >= 15 is 0 Å². The molecule has 0 bridgehead atoms. The third-order valence-corrected chi connectivity index (χ3v) is 3.88. The molecule has 1 unspecified atom stereocenters. The second-order valence-corrected chi connectivity index (χ2v) is 5.71. The van der Waals surface area contributed by atoms with Crippen molar-refractivity contribution in [3.05, 3.63) is 52.5 Å². The molecule has 1 aromatic heterocycles. The molecule has 0 aliphatic carbocycles. The van der Waals surface area contributed by atoms with Gasteiger partial charge in [0.2, 0.25) is 5.91 Å². The predicted octanol–water partition coefficient (Wildman–Crippen LogP) is 3.82. The largest absolute Gasteiger partial charge is 0.380 e. The first kappa shape index (κ1) is 16.0. The molecule has 0 aliphatic heterocycles. The molecule has 0 spiro atoms. The molecule has 0 aliphatic rings. The van der Waals surface area contributed by atoms with Crippen molar-refractivity contribution in [1.82, 2.24) is 9.55 Å². The van der Waals surface area contributed by atoms with Crippen molar-refractivity contribution in [2.45, 2.75) is 19.3 Å². The molecule has 6 heteroatoms. The summed E-state index contributed by atoms with van der Waals surface area (Å²) in [7, 11) is 0. The molecular weight excluding hydrogens is 311 g/mol. The highest BCUT2D eigenvalue weighted by molar-refractivity contribution is 6.35. The minimum absolute atomic E-state index is 0.155. The third-order valence-electron chi connectivity index (χ3n) is 3.33. The van der Waals surface area contributed by atoms with Gasteiger partial charge >= 0.3 is 0 Å². The molecule has 0 saturated carbocycles. The summed E-state index contributed by atoms with van der Waals surface area (Å²) in [6.45, 7) is 4.42. The first-order chi connectivity index (χ1) is 9.99. The van der Waals surface area contributed by atoms with E-state index in [1.807, 2.05) is 6.92 Å². The number of carbonyl (C=O) groups is 1. The molecule has 0 amide bonds. The van der Waals surface area contributed by atoms with Crippen molar-refractivity contribution in [2.24, 2.45) is 0 Å². The Morgan fingerprint density at radius 3 is 2.76 bits per heavy atom. The van der Waals surface area contributed by atoms with E-state index in [1.165, 1.54) is 10.9 Å². The summed E-state index contributed by atoms with van der Waals surface area (Å²) in [4.78, 5) is 16.7. The van der Waals surface area contributed by atoms with Crippen LogP contribution in [0, 0.1) is 0 Å². The standard InChI is InChI=1S/C15H16Cl2N2O2/c1-3-21-9-15(2,14(20)19-7-6-18-10-19)12-5-4-11(16)8-13(12)17/h4-8,10H,3,9H2,1-2H3. The fourth-order valence-corrected chi connectivity index (χ4v) is 2.78. The summed E-state index contributed by atoms with van der Waals surface area (Å²) in [6, 6.07) is 5.11. The summed E-state index contributed by atoms with van der Waals surface area (Å²) in [5.74, 6) is -0.155. The molecule has 0 fully saturated rings. The molecule has 21 heavy (non-hydrogen) atoms. The van der Waals surface area contributed by atoms with Gasteiger partial charge in [-0.25, -0.2) is 4.98 Å². The van der Waals surface area contributed by atoms with Crippen molar-refractivity contribution in [3.63, 3.8) is 0 Å². The van der Waals surface area contributed by atoms with Gasteiger partial charge in [0.25, 0.3) is 0 Å². The van der Waals surface area contributed by atoms with Gasteiger partial charge in [-0.3, -0.25) is 9.36 Å². The molecule has 1 atom stereocenters. The Kier molecular flexibility index (Phi) is 5.04. The number of aromatic nitrogens is 2. The first-order valence-electron chi connectivity index (χ1n) is 6.55. The maximum Gasteiger partial charge on any atom is 0.244 e. The van der Waals surface area contributed by atoms with Crippen molar-refractivity contribution < 1.29 is 9.53 Å². The van der Waals surface area contributed by atoms with Gasteiger partial charge in [0, 0.05) is 29.0 Å². The Balaban J connectivity index is 2.48. The van der Waals surface area contributed by atoms with Crippen LogP contribution in [-0.4, -0.2) is 28.7 Å². The number of nitrogens with zero attached hydrogens (tertiary/aromatic N) is 2. The van der Waals surface area contributed by atoms with Crippen LogP contribution >= 0.6 is 23.2 Å². The Morgan fingerprint density at radius 2 is 2.19 bits per heavy atom. The quantitative estimate of drug-likeness (QED) is 0.838. The number of rotatable bonds is 5. The van der Waals surface area contributed by atoms with Crippen LogP contribution in [0.1, 0.15) is 24.2 Å². The highest BCUT2D eigenvalue weighted by Crippen LogP contribution is 2.34. The van der Waals surface area contributed by atoms with Crippen LogP contribution in [0.2, 0.25) is 10.0 Å². The molecular formula is C15H16Cl2N2O2. The summed E-state index contributed by atoms with van der Waals surface area (Å²) in [6.07, 6.45) is 4.63. The molecule has 112 valence electrons. The van der Waals surface area contributed by atoms with Crippen LogP contribution in [0.15, 0.2) is 36.9 Å². The molecule has 1 heterocycles. The number of benzene rings is 1. The monoisotopic (exact) mass is 326 g/mol. The van der Waals surface area contributed by atoms with Crippen molar-refractivity contribution in [2.75, 3.05) is 13.2 Å². The lowest BCUT2D eigenvalue weighted by atomic mass is 9.82. The normalized spacial score (nSPS) is 13.9. The van der Waals surface area contributed by atoms with Crippen LogP contribution in [0.25, 0.3) is 0 Å². The van der Waals surface area contributed by atoms with Gasteiger partial charge in [0.15, 0.2) is 0 Å². The van der Waals surface area contributed by atoms with Crippen molar-refractivity contribution in [1.29, 1.82) is 0 Å². The van der Waals surface area contributed by atoms with Crippen LogP contribution < -0.4 is 0 Å². The zero-order valence-electron chi connectivity index (χ0n) is 11.8. The third kappa shape index (κ3) is 3.28. The molecule has 1 aromatic carbocycles. The van der Waals surface area contributed by atoms with Gasteiger partial charge in [0.05, 0.1) is 12.0 Å². The highest BCUT2D eigenvalue weighted by Gasteiger charge is 2.38. The number of hydrogen-bond acceptors (Lipinski definition) is 3. The Labute approximate surface area is 133 Å². The molecule has 0 saturated heterocycles. The van der Waals surface area contributed by atoms with Gasteiger partial charge in [0.1, 0.15) is 6.33 Å². The highest BCUT2D eigenvalue weighted by atomic mass is 35.5. The van der Waals surface area contributed by atoms with Crippen LogP contribution in [0.5, 0.6) is 0 Å². The molecule has 0 radical (unpaired) electrons. The summed E-state index contributed by atoms with van der Waals surface area (Å²) < 4.78 is 6.95. The lowest BCUT2D eigenvalue weighted by Crippen LogP contribution is -2.41. The fourth-order valence-electron chi connectivity index (χ4n) is 2.16. The number of hydrogen-bond donors (Lipinski definition) is 0. The summed E-state index contributed by atoms with van der Waals surface area (Å²) in [5, 5.41) is 0.968. The van der Waals surface area contributed by atoms with Gasteiger partial charge < -0.3 is 4.74 Å². The molecule has 2 aromatic rings. The fraction of sp³-hybridized carbons (Fsp3) is 0.333. The number of halogens is 2. The topological polar surface area (TPSA) is 44.1 Å². The molecule has 2 rings (SSSR count). The van der Waals surface area contributed by atoms with E-state index in [2.05, 4.69) is 4.98 Å². The maximum absolute atomic E-state index is 12.8. The van der Waals surface area contributed by atoms with E-state index < -0.39 is 5.41 Å². The zero-order valence-corrected chi connectivity index (χ0v) is 13.4. The Bertz CT molecular complexity index is 629. The smallest absolute Gasteiger partial charge is 0.244 e. The minimum atomic E-state index is -0.918. The number of ether oxygens (including phenoxy) is 1. The van der Waals surface area contributed by atoms with E-state index in [-0.39, 0.29) is 12.5 Å². The molecule has 4 nitrogen and oxygen atoms in total. The van der Waals surface area contributed by atoms with Gasteiger partial charge in [-0.1, -0.05) is 29.3 Å². The second kappa shape index (κ2) is 6.60. The van der Waals surface area contributed by atoms with E-state index in [0.29, 0.717) is 22.2 Å². The van der Waals surface area contributed by atoms with E-state index in [4.69, 9.17) is 27.9 Å². The number of carbonyl (C=O) groups excluding carboxylic acids is 1. The van der Waals surface area contributed by atoms with Crippen LogP contribution in [0.3, 0.4) is 0 Å². The van der Waals surface area contributed by atoms with Crippen molar-refractivity contribution in [3.8, 4) is 0 Å². The summed E-state index contributed by atoms with van der Waals surface area (Å²) >= 11 is 12.2. The average molecular weight is 327 g/mol. The minimum Gasteiger partial charge on any atom is -0.380 e. The zero-order chi connectivity index (χ0) is 15.5. The molecule has 0 N–H and O–H groups in total. The first-order valence-corrected chi connectivity index (χ1v) is 7.30. The van der Waals surface area contributed by atoms with E-state index in [1.54, 1.807) is 37.5 Å². The lowest BCUT2D eigenvalue weighted by Gasteiger charge is -2.29. The average Bonchev–Trinajstić information content (AvgIpc) is 2.98. The van der Waals surface area contributed by atoms with Gasteiger partial charge in [-0.05, 0) is 31.5 Å². The van der Waals surface area contributed by atoms with Crippen LogP contribution in [0.4, 0.5) is 0 Å². The second-order valence-electron chi connectivity index (χ2n) is 4.87. The van der Waals surface area contributed by atoms with Gasteiger partial charge in [-0.2, -0.15) is 0 Å². The summed E-state index contributed by atoms with van der Waals surface area (Å²) in [5.41, 5.74) is -0.237. The predicted molar refractivity (Wildman–Crippen MR) is 83.2 cm³/mol. The van der Waals surface area contributed by atoms with Gasteiger partial charge in [-0.15, -0.1) is 0 Å². The SMILES string of the molecule is CCOCC(C)(C(=O)n1ccnc1)c1ccc(Cl)cc1Cl. The van der Waals surface area contributed by atoms with E-state index in [0.717, 1.165) is 0 Å². The lowest BCUT2D eigenvalue weighted by molar-refractivity contribution is 0.0593. The maximum atomic E-state index is 12.8. The number of imidazole rings is 1. The Hall–Kier alpha value is -1.36.